The zero-order valence-corrected chi connectivity index (χ0v) is 13.7. The highest BCUT2D eigenvalue weighted by molar-refractivity contribution is 6.31. The summed E-state index contributed by atoms with van der Waals surface area (Å²) in [5, 5.41) is 14.4. The number of amides is 1. The SMILES string of the molecule is O=C(Cc1cnc2ccccc2c1)NCC(O)c1ccccc1Cl. The number of aliphatic hydroxyl groups is 1. The van der Waals surface area contributed by atoms with Gasteiger partial charge in [-0.3, -0.25) is 9.78 Å². The fraction of sp³-hybridized carbons (Fsp3) is 0.158. The third-order valence-corrected chi connectivity index (χ3v) is 4.11. The summed E-state index contributed by atoms with van der Waals surface area (Å²) in [5.41, 5.74) is 2.33. The highest BCUT2D eigenvalue weighted by Gasteiger charge is 2.12. The van der Waals surface area contributed by atoms with Crippen LogP contribution in [0.4, 0.5) is 0 Å². The molecular formula is C19H17ClN2O2. The lowest BCUT2D eigenvalue weighted by Gasteiger charge is -2.13. The summed E-state index contributed by atoms with van der Waals surface area (Å²) >= 11 is 6.04. The Hall–Kier alpha value is -2.43. The normalized spacial score (nSPS) is 12.1. The molecule has 3 aromatic rings. The van der Waals surface area contributed by atoms with Crippen molar-refractivity contribution in [3.63, 3.8) is 0 Å². The van der Waals surface area contributed by atoms with Crippen molar-refractivity contribution in [1.82, 2.24) is 10.3 Å². The first-order valence-electron chi connectivity index (χ1n) is 7.66. The maximum absolute atomic E-state index is 12.1. The minimum atomic E-state index is -0.836. The molecule has 0 spiro atoms. The van der Waals surface area contributed by atoms with E-state index in [0.29, 0.717) is 10.6 Å². The van der Waals surface area contributed by atoms with Crippen LogP contribution in [-0.2, 0) is 11.2 Å². The summed E-state index contributed by atoms with van der Waals surface area (Å²) < 4.78 is 0. The summed E-state index contributed by atoms with van der Waals surface area (Å²) in [6, 6.07) is 16.8. The fourth-order valence-corrected chi connectivity index (χ4v) is 2.79. The van der Waals surface area contributed by atoms with Gasteiger partial charge in [-0.1, -0.05) is 48.0 Å². The molecule has 5 heteroatoms. The number of nitrogens with one attached hydrogen (secondary N) is 1. The Kier molecular flexibility index (Phi) is 5.08. The highest BCUT2D eigenvalue weighted by Crippen LogP contribution is 2.21. The molecule has 3 rings (SSSR count). The molecule has 2 aromatic carbocycles. The van der Waals surface area contributed by atoms with Gasteiger partial charge in [0.25, 0.3) is 0 Å². The molecule has 122 valence electrons. The van der Waals surface area contributed by atoms with E-state index < -0.39 is 6.10 Å². The van der Waals surface area contributed by atoms with Gasteiger partial charge < -0.3 is 10.4 Å². The topological polar surface area (TPSA) is 62.2 Å². The number of rotatable bonds is 5. The molecule has 0 saturated carbocycles. The molecule has 0 radical (unpaired) electrons. The van der Waals surface area contributed by atoms with Crippen LogP contribution in [0.15, 0.2) is 60.8 Å². The second-order valence-corrected chi connectivity index (χ2v) is 5.96. The predicted molar refractivity (Wildman–Crippen MR) is 94.9 cm³/mol. The second kappa shape index (κ2) is 7.43. The Morgan fingerprint density at radius 3 is 2.75 bits per heavy atom. The number of carbonyl (C=O) groups excluding carboxylic acids is 1. The van der Waals surface area contributed by atoms with Gasteiger partial charge >= 0.3 is 0 Å². The highest BCUT2D eigenvalue weighted by atomic mass is 35.5. The van der Waals surface area contributed by atoms with E-state index in [4.69, 9.17) is 11.6 Å². The molecule has 24 heavy (non-hydrogen) atoms. The number of carbonyl (C=O) groups is 1. The predicted octanol–water partition coefficient (Wildman–Crippen LogP) is 3.28. The number of nitrogens with zero attached hydrogens (tertiary/aromatic N) is 1. The molecule has 4 nitrogen and oxygen atoms in total. The van der Waals surface area contributed by atoms with E-state index in [1.165, 1.54) is 0 Å². The van der Waals surface area contributed by atoms with E-state index >= 15 is 0 Å². The first-order valence-corrected chi connectivity index (χ1v) is 8.04. The van der Waals surface area contributed by atoms with Gasteiger partial charge in [-0.25, -0.2) is 0 Å². The molecule has 1 heterocycles. The number of fused-ring (bicyclic) bond motifs is 1. The Labute approximate surface area is 145 Å². The molecule has 0 bridgehead atoms. The van der Waals surface area contributed by atoms with Crippen LogP contribution in [-0.4, -0.2) is 22.5 Å². The standard InChI is InChI=1S/C19H17ClN2O2/c20-16-7-3-2-6-15(16)18(23)12-22-19(24)10-13-9-14-5-1-4-8-17(14)21-11-13/h1-9,11,18,23H,10,12H2,(H,22,24). The average Bonchev–Trinajstić information content (AvgIpc) is 2.60. The van der Waals surface area contributed by atoms with E-state index in [-0.39, 0.29) is 18.9 Å². The van der Waals surface area contributed by atoms with Crippen LogP contribution in [0.3, 0.4) is 0 Å². The van der Waals surface area contributed by atoms with Crippen molar-refractivity contribution in [3.05, 3.63) is 76.9 Å². The number of halogens is 1. The zero-order valence-electron chi connectivity index (χ0n) is 12.9. The van der Waals surface area contributed by atoms with Crippen LogP contribution < -0.4 is 5.32 Å². The quantitative estimate of drug-likeness (QED) is 0.749. The number of para-hydroxylation sites is 1. The minimum Gasteiger partial charge on any atom is -0.387 e. The summed E-state index contributed by atoms with van der Waals surface area (Å²) in [6.45, 7) is 0.115. The van der Waals surface area contributed by atoms with Crippen molar-refractivity contribution in [2.75, 3.05) is 6.54 Å². The molecule has 1 amide bonds. The summed E-state index contributed by atoms with van der Waals surface area (Å²) in [7, 11) is 0. The zero-order chi connectivity index (χ0) is 16.9. The molecule has 1 aromatic heterocycles. The molecule has 0 fully saturated rings. The maximum Gasteiger partial charge on any atom is 0.224 e. The van der Waals surface area contributed by atoms with Gasteiger partial charge in [-0.05, 0) is 23.8 Å². The van der Waals surface area contributed by atoms with Crippen LogP contribution in [0.1, 0.15) is 17.2 Å². The second-order valence-electron chi connectivity index (χ2n) is 5.55. The molecule has 0 aliphatic carbocycles. The van der Waals surface area contributed by atoms with Crippen molar-refractivity contribution in [1.29, 1.82) is 0 Å². The third kappa shape index (κ3) is 3.91. The number of pyridine rings is 1. The van der Waals surface area contributed by atoms with Crippen LogP contribution in [0.25, 0.3) is 10.9 Å². The summed E-state index contributed by atoms with van der Waals surface area (Å²) in [4.78, 5) is 16.4. The average molecular weight is 341 g/mol. The van der Waals surface area contributed by atoms with Crippen LogP contribution in [0.2, 0.25) is 5.02 Å². The van der Waals surface area contributed by atoms with Gasteiger partial charge in [0.05, 0.1) is 18.0 Å². The monoisotopic (exact) mass is 340 g/mol. The van der Waals surface area contributed by atoms with E-state index in [0.717, 1.165) is 16.5 Å². The van der Waals surface area contributed by atoms with E-state index in [1.807, 2.05) is 30.3 Å². The van der Waals surface area contributed by atoms with Crippen LogP contribution in [0, 0.1) is 0 Å². The smallest absolute Gasteiger partial charge is 0.224 e. The number of aliphatic hydroxyl groups excluding tert-OH is 1. The molecule has 1 atom stereocenters. The van der Waals surface area contributed by atoms with Crippen molar-refractivity contribution in [3.8, 4) is 0 Å². The summed E-state index contributed by atoms with van der Waals surface area (Å²) in [5.74, 6) is -0.168. The van der Waals surface area contributed by atoms with Crippen molar-refractivity contribution in [2.24, 2.45) is 0 Å². The van der Waals surface area contributed by atoms with Crippen LogP contribution in [0.5, 0.6) is 0 Å². The molecular weight excluding hydrogens is 324 g/mol. The fourth-order valence-electron chi connectivity index (χ4n) is 2.53. The first-order chi connectivity index (χ1) is 11.6. The van der Waals surface area contributed by atoms with Gasteiger partial charge in [0.1, 0.15) is 0 Å². The number of aromatic nitrogens is 1. The van der Waals surface area contributed by atoms with Gasteiger partial charge in [0, 0.05) is 28.7 Å². The van der Waals surface area contributed by atoms with Gasteiger partial charge in [-0.15, -0.1) is 0 Å². The number of benzene rings is 2. The molecule has 1 unspecified atom stereocenters. The van der Waals surface area contributed by atoms with E-state index in [9.17, 15) is 9.90 Å². The Morgan fingerprint density at radius 2 is 1.92 bits per heavy atom. The first kappa shape index (κ1) is 16.4. The molecule has 2 N–H and O–H groups in total. The number of hydrogen-bond donors (Lipinski definition) is 2. The minimum absolute atomic E-state index is 0.115. The molecule has 0 saturated heterocycles. The lowest BCUT2D eigenvalue weighted by Crippen LogP contribution is -2.29. The van der Waals surface area contributed by atoms with Gasteiger partial charge in [0.15, 0.2) is 0 Å². The molecule has 0 aliphatic rings. The Balaban J connectivity index is 1.59. The van der Waals surface area contributed by atoms with Crippen LogP contribution >= 0.6 is 11.6 Å². The maximum atomic E-state index is 12.1. The lowest BCUT2D eigenvalue weighted by molar-refractivity contribution is -0.120. The van der Waals surface area contributed by atoms with Crippen molar-refractivity contribution in [2.45, 2.75) is 12.5 Å². The number of hydrogen-bond acceptors (Lipinski definition) is 3. The van der Waals surface area contributed by atoms with Gasteiger partial charge in [-0.2, -0.15) is 0 Å². The molecule has 0 aliphatic heterocycles. The summed E-state index contributed by atoms with van der Waals surface area (Å²) in [6.07, 6.45) is 1.08. The van der Waals surface area contributed by atoms with Gasteiger partial charge in [0.2, 0.25) is 5.91 Å². The van der Waals surface area contributed by atoms with E-state index in [2.05, 4.69) is 10.3 Å². The van der Waals surface area contributed by atoms with Crippen molar-refractivity contribution < 1.29 is 9.90 Å². The van der Waals surface area contributed by atoms with E-state index in [1.54, 1.807) is 30.5 Å². The Morgan fingerprint density at radius 1 is 1.17 bits per heavy atom. The largest absolute Gasteiger partial charge is 0.387 e. The van der Waals surface area contributed by atoms with Crippen molar-refractivity contribution >= 4 is 28.4 Å². The lowest BCUT2D eigenvalue weighted by atomic mass is 10.1. The third-order valence-electron chi connectivity index (χ3n) is 3.77. The Bertz CT molecular complexity index is 867.